The average molecular weight is 520 g/mol. The SMILES string of the molecule is CN1CCN(C(=O)CCNc2cc(NCC3=CCCC=C3F)nc(-c3cncc(C(F)(F)F)c3)n2)CC1. The highest BCUT2D eigenvalue weighted by Crippen LogP contribution is 2.31. The molecule has 2 aliphatic rings. The van der Waals surface area contributed by atoms with Crippen LogP contribution in [0.15, 0.2) is 48.1 Å². The third kappa shape index (κ3) is 7.25. The molecule has 1 aliphatic carbocycles. The van der Waals surface area contributed by atoms with Gasteiger partial charge in [-0.05, 0) is 32.0 Å². The first-order valence-electron chi connectivity index (χ1n) is 12.1. The molecule has 1 amide bonds. The normalized spacial score (nSPS) is 16.7. The quantitative estimate of drug-likeness (QED) is 0.508. The Bertz CT molecular complexity index is 1170. The van der Waals surface area contributed by atoms with Gasteiger partial charge in [0.2, 0.25) is 5.91 Å². The number of nitrogens with one attached hydrogen (secondary N) is 2. The number of hydrogen-bond acceptors (Lipinski definition) is 7. The summed E-state index contributed by atoms with van der Waals surface area (Å²) < 4.78 is 53.8. The molecule has 12 heteroatoms. The van der Waals surface area contributed by atoms with Gasteiger partial charge in [-0.25, -0.2) is 14.4 Å². The van der Waals surface area contributed by atoms with E-state index in [-0.39, 0.29) is 42.6 Å². The van der Waals surface area contributed by atoms with E-state index in [1.807, 2.05) is 11.9 Å². The number of anilines is 2. The number of likely N-dealkylation sites (N-methyl/N-ethyl adjacent to an activating group) is 1. The molecule has 0 unspecified atom stereocenters. The third-order valence-corrected chi connectivity index (χ3v) is 6.20. The van der Waals surface area contributed by atoms with Gasteiger partial charge in [0, 0.05) is 75.3 Å². The van der Waals surface area contributed by atoms with Crippen LogP contribution in [0.3, 0.4) is 0 Å². The van der Waals surface area contributed by atoms with Crippen molar-refractivity contribution >= 4 is 17.5 Å². The van der Waals surface area contributed by atoms with Crippen molar-refractivity contribution in [2.24, 2.45) is 0 Å². The zero-order valence-electron chi connectivity index (χ0n) is 20.5. The van der Waals surface area contributed by atoms with Gasteiger partial charge in [-0.2, -0.15) is 13.2 Å². The molecule has 0 atom stereocenters. The van der Waals surface area contributed by atoms with E-state index in [0.717, 1.165) is 31.8 Å². The molecule has 2 N–H and O–H groups in total. The topological polar surface area (TPSA) is 86.3 Å². The lowest BCUT2D eigenvalue weighted by Crippen LogP contribution is -2.47. The fraction of sp³-hybridized carbons (Fsp3) is 0.440. The predicted molar refractivity (Wildman–Crippen MR) is 132 cm³/mol. The molecule has 0 radical (unpaired) electrons. The van der Waals surface area contributed by atoms with Gasteiger partial charge in [0.25, 0.3) is 0 Å². The maximum atomic E-state index is 14.1. The molecule has 0 bridgehead atoms. The minimum Gasteiger partial charge on any atom is -0.369 e. The molecule has 3 heterocycles. The Labute approximate surface area is 212 Å². The van der Waals surface area contributed by atoms with Gasteiger partial charge in [-0.3, -0.25) is 9.78 Å². The van der Waals surface area contributed by atoms with Crippen LogP contribution in [0.5, 0.6) is 0 Å². The highest BCUT2D eigenvalue weighted by Gasteiger charge is 2.31. The van der Waals surface area contributed by atoms with Gasteiger partial charge in [-0.15, -0.1) is 0 Å². The fourth-order valence-electron chi connectivity index (χ4n) is 4.02. The smallest absolute Gasteiger partial charge is 0.369 e. The van der Waals surface area contributed by atoms with Crippen molar-refractivity contribution in [1.29, 1.82) is 0 Å². The fourth-order valence-corrected chi connectivity index (χ4v) is 4.02. The van der Waals surface area contributed by atoms with Gasteiger partial charge in [-0.1, -0.05) is 6.08 Å². The molecule has 1 fully saturated rings. The maximum Gasteiger partial charge on any atom is 0.417 e. The first kappa shape index (κ1) is 26.5. The maximum absolute atomic E-state index is 14.1. The number of rotatable bonds is 8. The van der Waals surface area contributed by atoms with Crippen molar-refractivity contribution in [3.8, 4) is 11.4 Å². The summed E-state index contributed by atoms with van der Waals surface area (Å²) >= 11 is 0. The summed E-state index contributed by atoms with van der Waals surface area (Å²) in [5.74, 6) is 0.349. The molecule has 1 aliphatic heterocycles. The third-order valence-electron chi connectivity index (χ3n) is 6.20. The van der Waals surface area contributed by atoms with Crippen LogP contribution in [0.1, 0.15) is 24.8 Å². The zero-order valence-corrected chi connectivity index (χ0v) is 20.5. The van der Waals surface area contributed by atoms with E-state index in [2.05, 4.69) is 30.5 Å². The Morgan fingerprint density at radius 2 is 1.70 bits per heavy atom. The number of piperazine rings is 1. The Balaban J connectivity index is 1.50. The largest absolute Gasteiger partial charge is 0.417 e. The van der Waals surface area contributed by atoms with Gasteiger partial charge in [0.1, 0.15) is 17.5 Å². The number of carbonyl (C=O) groups is 1. The monoisotopic (exact) mass is 519 g/mol. The van der Waals surface area contributed by atoms with E-state index < -0.39 is 11.7 Å². The summed E-state index contributed by atoms with van der Waals surface area (Å²) in [6.07, 6.45) is 2.33. The van der Waals surface area contributed by atoms with Crippen molar-refractivity contribution in [1.82, 2.24) is 24.8 Å². The molecule has 8 nitrogen and oxygen atoms in total. The Kier molecular flexibility index (Phi) is 8.37. The Hall–Kier alpha value is -3.54. The van der Waals surface area contributed by atoms with Crippen LogP contribution >= 0.6 is 0 Å². The number of alkyl halides is 3. The average Bonchev–Trinajstić information content (AvgIpc) is 2.88. The van der Waals surface area contributed by atoms with Crippen molar-refractivity contribution in [2.45, 2.75) is 25.4 Å². The van der Waals surface area contributed by atoms with Crippen molar-refractivity contribution < 1.29 is 22.4 Å². The van der Waals surface area contributed by atoms with Crippen LogP contribution in [0.2, 0.25) is 0 Å². The minimum absolute atomic E-state index is 0.0156. The number of aromatic nitrogens is 3. The summed E-state index contributed by atoms with van der Waals surface area (Å²) in [5, 5.41) is 6.11. The van der Waals surface area contributed by atoms with Gasteiger partial charge < -0.3 is 20.4 Å². The highest BCUT2D eigenvalue weighted by molar-refractivity contribution is 5.77. The molecule has 37 heavy (non-hydrogen) atoms. The molecular formula is C25H29F4N7O. The lowest BCUT2D eigenvalue weighted by molar-refractivity contribution is -0.137. The Morgan fingerprint density at radius 3 is 2.41 bits per heavy atom. The van der Waals surface area contributed by atoms with Crippen LogP contribution < -0.4 is 10.6 Å². The summed E-state index contributed by atoms with van der Waals surface area (Å²) in [4.78, 5) is 28.9. The van der Waals surface area contributed by atoms with E-state index in [9.17, 15) is 22.4 Å². The molecule has 198 valence electrons. The first-order chi connectivity index (χ1) is 17.7. The number of halogens is 4. The predicted octanol–water partition coefficient (Wildman–Crippen LogP) is 4.12. The number of pyridine rings is 1. The second kappa shape index (κ2) is 11.7. The summed E-state index contributed by atoms with van der Waals surface area (Å²) in [6, 6.07) is 2.51. The van der Waals surface area contributed by atoms with Gasteiger partial charge in [0.05, 0.1) is 5.56 Å². The van der Waals surface area contributed by atoms with Crippen LogP contribution in [-0.4, -0.2) is 77.0 Å². The van der Waals surface area contributed by atoms with Crippen LogP contribution in [0.25, 0.3) is 11.4 Å². The Morgan fingerprint density at radius 1 is 1.00 bits per heavy atom. The van der Waals surface area contributed by atoms with E-state index in [1.165, 1.54) is 12.3 Å². The second-order valence-electron chi connectivity index (χ2n) is 9.00. The van der Waals surface area contributed by atoms with Crippen LogP contribution in [0, 0.1) is 0 Å². The molecule has 0 aromatic carbocycles. The number of amides is 1. The van der Waals surface area contributed by atoms with E-state index in [4.69, 9.17) is 0 Å². The highest BCUT2D eigenvalue weighted by atomic mass is 19.4. The molecule has 0 spiro atoms. The summed E-state index contributed by atoms with van der Waals surface area (Å²) in [6.45, 7) is 3.42. The summed E-state index contributed by atoms with van der Waals surface area (Å²) in [7, 11) is 2.01. The van der Waals surface area contributed by atoms with Crippen LogP contribution in [0.4, 0.5) is 29.2 Å². The van der Waals surface area contributed by atoms with E-state index >= 15 is 0 Å². The molecule has 0 saturated carbocycles. The molecular weight excluding hydrogens is 490 g/mol. The van der Waals surface area contributed by atoms with Crippen molar-refractivity contribution in [3.05, 3.63) is 53.6 Å². The van der Waals surface area contributed by atoms with E-state index in [0.29, 0.717) is 36.7 Å². The minimum atomic E-state index is -4.57. The van der Waals surface area contributed by atoms with E-state index in [1.54, 1.807) is 12.1 Å². The number of carbonyl (C=O) groups excluding carboxylic acids is 1. The molecule has 4 rings (SSSR count). The van der Waals surface area contributed by atoms with Crippen molar-refractivity contribution in [2.75, 3.05) is 56.9 Å². The van der Waals surface area contributed by atoms with Gasteiger partial charge in [0.15, 0.2) is 5.82 Å². The van der Waals surface area contributed by atoms with Gasteiger partial charge >= 0.3 is 6.18 Å². The zero-order chi connectivity index (χ0) is 26.4. The standard InChI is InChI=1S/C25H29F4N7O/c1-35-8-10-36(11-9-35)23(37)6-7-31-21-13-22(32-15-17-4-2-3-5-20(17)26)34-24(33-21)18-12-19(16-30-14-18)25(27,28)29/h4-5,12-14,16H,2-3,6-11,15H2,1H3,(H2,31,32,33,34). The van der Waals surface area contributed by atoms with Crippen molar-refractivity contribution in [3.63, 3.8) is 0 Å². The molecule has 1 saturated heterocycles. The first-order valence-corrected chi connectivity index (χ1v) is 12.1. The lowest BCUT2D eigenvalue weighted by atomic mass is 10.1. The number of hydrogen-bond donors (Lipinski definition) is 2. The molecule has 2 aromatic rings. The van der Waals surface area contributed by atoms with Crippen LogP contribution in [-0.2, 0) is 11.0 Å². The number of allylic oxidation sites excluding steroid dienone is 2. The second-order valence-corrected chi connectivity index (χ2v) is 9.00. The summed E-state index contributed by atoms with van der Waals surface area (Å²) in [5.41, 5.74) is -0.351. The number of nitrogens with zero attached hydrogens (tertiary/aromatic N) is 5. The molecule has 2 aromatic heterocycles. The lowest BCUT2D eigenvalue weighted by Gasteiger charge is -2.32.